The predicted octanol–water partition coefficient (Wildman–Crippen LogP) is 3.02. The Kier molecular flexibility index (Phi) is 8.86. The van der Waals surface area contributed by atoms with Crippen LogP contribution in [-0.2, 0) is 39.9 Å². The topological polar surface area (TPSA) is 139 Å². The first kappa shape index (κ1) is 29.9. The normalized spacial score (nSPS) is 19.8. The van der Waals surface area contributed by atoms with Crippen LogP contribution in [0.15, 0.2) is 71.9 Å². The van der Waals surface area contributed by atoms with Gasteiger partial charge >= 0.3 is 17.9 Å². The number of aliphatic carboxylic acids is 1. The van der Waals surface area contributed by atoms with E-state index in [9.17, 15) is 29.1 Å². The third-order valence-electron chi connectivity index (χ3n) is 6.50. The third kappa shape index (κ3) is 6.79. The van der Waals surface area contributed by atoms with Gasteiger partial charge in [-0.05, 0) is 31.9 Å². The lowest BCUT2D eigenvalue weighted by Gasteiger charge is -2.50. The Morgan fingerprint density at radius 1 is 1.05 bits per heavy atom. The molecule has 1 fully saturated rings. The first-order chi connectivity index (χ1) is 19.4. The van der Waals surface area contributed by atoms with Gasteiger partial charge in [0.1, 0.15) is 28.8 Å². The predicted molar refractivity (Wildman–Crippen MR) is 150 cm³/mol. The molecule has 0 saturated carbocycles. The summed E-state index contributed by atoms with van der Waals surface area (Å²) in [5.41, 5.74) is 0.419. The number of benzene rings is 2. The Morgan fingerprint density at radius 2 is 1.66 bits per heavy atom. The van der Waals surface area contributed by atoms with Crippen molar-refractivity contribution in [1.82, 2.24) is 10.2 Å². The van der Waals surface area contributed by atoms with Gasteiger partial charge in [0.05, 0.1) is 0 Å². The number of thioether (sulfide) groups is 1. The number of carboxylic acids is 1. The summed E-state index contributed by atoms with van der Waals surface area (Å²) in [6.07, 6.45) is -0.667. The minimum atomic E-state index is -1.34. The smallest absolute Gasteiger partial charge is 0.352 e. The Bertz CT molecular complexity index is 1370. The van der Waals surface area contributed by atoms with Crippen molar-refractivity contribution in [3.63, 3.8) is 0 Å². The quantitative estimate of drug-likeness (QED) is 0.260. The number of esters is 2. The molecule has 4 rings (SSSR count). The van der Waals surface area contributed by atoms with Crippen LogP contribution in [0.5, 0.6) is 0 Å². The highest BCUT2D eigenvalue weighted by Gasteiger charge is 2.55. The number of carbonyl (C=O) groups is 5. The molecule has 2 aromatic carbocycles. The van der Waals surface area contributed by atoms with E-state index >= 15 is 0 Å². The second kappa shape index (κ2) is 12.2. The number of fused-ring (bicyclic) bond motifs is 1. The van der Waals surface area contributed by atoms with Gasteiger partial charge in [-0.25, -0.2) is 4.79 Å². The lowest BCUT2D eigenvalue weighted by molar-refractivity contribution is -0.160. The highest BCUT2D eigenvalue weighted by molar-refractivity contribution is 8.00. The number of carbonyl (C=O) groups excluding carboxylic acids is 4. The summed E-state index contributed by atoms with van der Waals surface area (Å²) in [5, 5.41) is 12.1. The van der Waals surface area contributed by atoms with Crippen molar-refractivity contribution < 1.29 is 38.6 Å². The molecule has 1 saturated heterocycles. The molecule has 0 bridgehead atoms. The summed E-state index contributed by atoms with van der Waals surface area (Å²) < 4.78 is 11.0. The van der Waals surface area contributed by atoms with Gasteiger partial charge in [0.15, 0.2) is 5.92 Å². The van der Waals surface area contributed by atoms with Crippen molar-refractivity contribution in [1.29, 1.82) is 0 Å². The van der Waals surface area contributed by atoms with E-state index < -0.39 is 58.8 Å². The summed E-state index contributed by atoms with van der Waals surface area (Å²) in [7, 11) is 0. The Labute approximate surface area is 242 Å². The molecule has 41 heavy (non-hydrogen) atoms. The van der Waals surface area contributed by atoms with Gasteiger partial charge in [0, 0.05) is 24.7 Å². The second-order valence-electron chi connectivity index (χ2n) is 10.7. The van der Waals surface area contributed by atoms with Gasteiger partial charge in [-0.3, -0.25) is 24.1 Å². The van der Waals surface area contributed by atoms with Crippen molar-refractivity contribution in [3.05, 3.63) is 83.1 Å². The van der Waals surface area contributed by atoms with Crippen molar-refractivity contribution in [2.45, 2.75) is 63.2 Å². The molecule has 2 N–H and O–H groups in total. The first-order valence-electron chi connectivity index (χ1n) is 13.1. The average molecular weight is 581 g/mol. The largest absolute Gasteiger partial charge is 0.477 e. The number of hydrogen-bond donors (Lipinski definition) is 2. The van der Waals surface area contributed by atoms with Crippen LogP contribution in [0.25, 0.3) is 0 Å². The zero-order valence-electron chi connectivity index (χ0n) is 23.2. The minimum absolute atomic E-state index is 0.154. The van der Waals surface area contributed by atoms with E-state index in [0.29, 0.717) is 11.1 Å². The Hall–Kier alpha value is -4.12. The van der Waals surface area contributed by atoms with Gasteiger partial charge < -0.3 is 19.9 Å². The molecule has 4 atom stereocenters. The molecule has 0 spiro atoms. The number of hydrogen-bond acceptors (Lipinski definition) is 8. The number of nitrogens with one attached hydrogen (secondary N) is 1. The van der Waals surface area contributed by atoms with Crippen molar-refractivity contribution in [2.24, 2.45) is 0 Å². The highest BCUT2D eigenvalue weighted by Crippen LogP contribution is 2.42. The van der Waals surface area contributed by atoms with Crippen LogP contribution in [0.3, 0.4) is 0 Å². The number of amides is 2. The molecule has 2 aliphatic heterocycles. The van der Waals surface area contributed by atoms with Gasteiger partial charge in [0.2, 0.25) is 5.91 Å². The molecule has 2 aromatic rings. The van der Waals surface area contributed by atoms with Crippen LogP contribution >= 0.6 is 11.8 Å². The van der Waals surface area contributed by atoms with Crippen molar-refractivity contribution in [3.8, 4) is 0 Å². The zero-order chi connectivity index (χ0) is 29.9. The van der Waals surface area contributed by atoms with E-state index in [1.165, 1.54) is 18.7 Å². The maximum Gasteiger partial charge on any atom is 0.352 e. The summed E-state index contributed by atoms with van der Waals surface area (Å²) in [5.74, 6) is -5.22. The molecule has 216 valence electrons. The molecule has 2 amide bonds. The molecular weight excluding hydrogens is 548 g/mol. The Morgan fingerprint density at radius 3 is 2.22 bits per heavy atom. The zero-order valence-corrected chi connectivity index (χ0v) is 24.0. The van der Waals surface area contributed by atoms with Crippen LogP contribution in [0.1, 0.15) is 44.7 Å². The second-order valence-corrected chi connectivity index (χ2v) is 11.8. The fourth-order valence-electron chi connectivity index (χ4n) is 4.79. The summed E-state index contributed by atoms with van der Waals surface area (Å²) >= 11 is 1.25. The van der Waals surface area contributed by atoms with E-state index in [-0.39, 0.29) is 17.9 Å². The lowest BCUT2D eigenvalue weighted by Crippen LogP contribution is -2.71. The number of β-lactam (4-membered cyclic amide) rings is 1. The first-order valence-corrected chi connectivity index (χ1v) is 14.1. The fraction of sp³-hybridized carbons (Fsp3) is 0.367. The Balaban J connectivity index is 1.59. The number of carboxylic acid groups (broad SMARTS) is 1. The summed E-state index contributed by atoms with van der Waals surface area (Å²) in [4.78, 5) is 65.3. The van der Waals surface area contributed by atoms with Crippen LogP contribution in [0, 0.1) is 0 Å². The maximum absolute atomic E-state index is 13.4. The molecule has 2 heterocycles. The molecule has 2 aliphatic rings. The van der Waals surface area contributed by atoms with E-state index in [4.69, 9.17) is 9.47 Å². The van der Waals surface area contributed by atoms with Crippen LogP contribution in [0.2, 0.25) is 0 Å². The van der Waals surface area contributed by atoms with Gasteiger partial charge in [-0.1, -0.05) is 60.7 Å². The third-order valence-corrected chi connectivity index (χ3v) is 7.80. The van der Waals surface area contributed by atoms with E-state index in [1.807, 2.05) is 30.3 Å². The van der Waals surface area contributed by atoms with Gasteiger partial charge in [-0.2, -0.15) is 0 Å². The summed E-state index contributed by atoms with van der Waals surface area (Å²) in [6.45, 7) is 6.31. The van der Waals surface area contributed by atoms with E-state index in [1.54, 1.807) is 51.1 Å². The number of nitrogens with zero attached hydrogens (tertiary/aromatic N) is 1. The van der Waals surface area contributed by atoms with Gasteiger partial charge in [-0.15, -0.1) is 11.8 Å². The molecule has 0 aliphatic carbocycles. The number of rotatable bonds is 9. The standard InChI is InChI=1S/C30H32N2O8S/c1-17(33)39-21(15-18-11-7-5-8-12-18)20-16-41-27-23(26(35)32(27)24(20)28(36)37)31-25(34)22(19-13-9-6-10-14-19)29(38)40-30(2,3)4/h5-14,21-23,27H,15-16H2,1-4H3,(H,31,34)(H,36,37)/t21?,22?,23?,27-/m0/s1. The summed E-state index contributed by atoms with van der Waals surface area (Å²) in [6, 6.07) is 16.5. The van der Waals surface area contributed by atoms with Crippen LogP contribution in [0.4, 0.5) is 0 Å². The molecule has 10 nitrogen and oxygen atoms in total. The monoisotopic (exact) mass is 580 g/mol. The number of ether oxygens (including phenoxy) is 2. The SMILES string of the molecule is CC(=O)OC(Cc1ccccc1)C1=C(C(=O)O)N2C(=O)C(NC(=O)C(C(=O)OC(C)(C)C)c3ccccc3)[C@@H]2SC1. The molecule has 0 radical (unpaired) electrons. The average Bonchev–Trinajstić information content (AvgIpc) is 2.90. The van der Waals surface area contributed by atoms with E-state index in [2.05, 4.69) is 5.32 Å². The molecule has 11 heteroatoms. The van der Waals surface area contributed by atoms with Gasteiger partial charge in [0.25, 0.3) is 5.91 Å². The van der Waals surface area contributed by atoms with Crippen molar-refractivity contribution >= 4 is 41.5 Å². The molecule has 0 aromatic heterocycles. The van der Waals surface area contributed by atoms with Crippen LogP contribution in [-0.4, -0.2) is 68.6 Å². The van der Waals surface area contributed by atoms with Crippen molar-refractivity contribution in [2.75, 3.05) is 5.75 Å². The lowest BCUT2D eigenvalue weighted by atomic mass is 9.95. The maximum atomic E-state index is 13.4. The minimum Gasteiger partial charge on any atom is -0.477 e. The fourth-order valence-corrected chi connectivity index (χ4v) is 6.20. The molecule has 3 unspecified atom stereocenters. The molecular formula is C30H32N2O8S. The van der Waals surface area contributed by atoms with E-state index in [0.717, 1.165) is 10.5 Å². The highest BCUT2D eigenvalue weighted by atomic mass is 32.2. The van der Waals surface area contributed by atoms with Crippen LogP contribution < -0.4 is 5.32 Å².